The van der Waals surface area contributed by atoms with Crippen LogP contribution in [0.25, 0.3) is 0 Å². The number of aliphatic hydroxyl groups excluding tert-OH is 1. The number of nitrogens with one attached hydrogen (secondary N) is 1. The number of halogens is 2. The maximum absolute atomic E-state index is 9.97. The van der Waals surface area contributed by atoms with Crippen LogP contribution in [0.2, 0.25) is 10.0 Å². The van der Waals surface area contributed by atoms with Gasteiger partial charge in [0.25, 0.3) is 0 Å². The van der Waals surface area contributed by atoms with Gasteiger partial charge in [0.1, 0.15) is 18.5 Å². The molecule has 1 aromatic carbocycles. The third kappa shape index (κ3) is 4.01. The highest BCUT2D eigenvalue weighted by Crippen LogP contribution is 2.34. The predicted molar refractivity (Wildman–Crippen MR) is 82.8 cm³/mol. The summed E-state index contributed by atoms with van der Waals surface area (Å²) in [4.78, 5) is 0. The van der Waals surface area contributed by atoms with E-state index in [-0.39, 0.29) is 12.1 Å². The van der Waals surface area contributed by atoms with Crippen LogP contribution in [0.5, 0.6) is 5.75 Å². The van der Waals surface area contributed by atoms with E-state index < -0.39 is 6.10 Å². The summed E-state index contributed by atoms with van der Waals surface area (Å²) >= 11 is 11.7. The SMILES string of the molecule is CCC1(NCC(O)COc2ccc(Cl)c(Cl)c2)CCC1. The summed E-state index contributed by atoms with van der Waals surface area (Å²) in [5.74, 6) is 0.618. The Bertz CT molecular complexity index is 444. The van der Waals surface area contributed by atoms with Crippen molar-refractivity contribution in [3.8, 4) is 5.75 Å². The lowest BCUT2D eigenvalue weighted by Crippen LogP contribution is -2.53. The standard InChI is InChI=1S/C15H21Cl2NO2/c1-2-15(6-3-7-15)18-9-11(19)10-20-12-4-5-13(16)14(17)8-12/h4-5,8,11,18-19H,2-3,6-7,9-10H2,1H3. The summed E-state index contributed by atoms with van der Waals surface area (Å²) in [6.45, 7) is 2.98. The third-order valence-corrected chi connectivity index (χ3v) is 4.77. The van der Waals surface area contributed by atoms with Gasteiger partial charge >= 0.3 is 0 Å². The van der Waals surface area contributed by atoms with Gasteiger partial charge < -0.3 is 15.2 Å². The molecule has 1 saturated carbocycles. The van der Waals surface area contributed by atoms with Gasteiger partial charge in [0.05, 0.1) is 10.0 Å². The highest BCUT2D eigenvalue weighted by Gasteiger charge is 2.34. The molecule has 2 N–H and O–H groups in total. The minimum absolute atomic E-state index is 0.241. The topological polar surface area (TPSA) is 41.5 Å². The summed E-state index contributed by atoms with van der Waals surface area (Å²) in [6.07, 6.45) is 4.24. The first-order valence-electron chi connectivity index (χ1n) is 7.05. The van der Waals surface area contributed by atoms with Gasteiger partial charge in [-0.2, -0.15) is 0 Å². The zero-order chi connectivity index (χ0) is 14.6. The maximum Gasteiger partial charge on any atom is 0.121 e. The van der Waals surface area contributed by atoms with E-state index >= 15 is 0 Å². The first kappa shape index (κ1) is 15.9. The minimum Gasteiger partial charge on any atom is -0.491 e. The Hall–Kier alpha value is -0.480. The van der Waals surface area contributed by atoms with Crippen LogP contribution in [-0.2, 0) is 0 Å². The number of benzene rings is 1. The van der Waals surface area contributed by atoms with E-state index in [4.69, 9.17) is 27.9 Å². The lowest BCUT2D eigenvalue weighted by molar-refractivity contribution is 0.0811. The van der Waals surface area contributed by atoms with Crippen molar-refractivity contribution in [1.82, 2.24) is 5.32 Å². The molecule has 1 aliphatic rings. The van der Waals surface area contributed by atoms with Crippen molar-refractivity contribution in [2.45, 2.75) is 44.2 Å². The molecule has 0 aromatic heterocycles. The van der Waals surface area contributed by atoms with Crippen LogP contribution in [0.1, 0.15) is 32.6 Å². The van der Waals surface area contributed by atoms with E-state index in [0.29, 0.717) is 22.3 Å². The van der Waals surface area contributed by atoms with Crippen LogP contribution in [-0.4, -0.2) is 29.9 Å². The number of aliphatic hydroxyl groups is 1. The summed E-state index contributed by atoms with van der Waals surface area (Å²) in [7, 11) is 0. The zero-order valence-corrected chi connectivity index (χ0v) is 13.2. The average molecular weight is 318 g/mol. The largest absolute Gasteiger partial charge is 0.491 e. The molecule has 0 saturated heterocycles. The Labute approximate surface area is 130 Å². The summed E-state index contributed by atoms with van der Waals surface area (Å²) < 4.78 is 5.52. The van der Waals surface area contributed by atoms with Crippen molar-refractivity contribution in [2.24, 2.45) is 0 Å². The molecular weight excluding hydrogens is 297 g/mol. The molecule has 0 bridgehead atoms. The average Bonchev–Trinajstić information content (AvgIpc) is 2.39. The Morgan fingerprint density at radius 3 is 2.65 bits per heavy atom. The molecule has 0 amide bonds. The van der Waals surface area contributed by atoms with Gasteiger partial charge in [0.2, 0.25) is 0 Å². The molecule has 112 valence electrons. The Morgan fingerprint density at radius 1 is 1.35 bits per heavy atom. The monoisotopic (exact) mass is 317 g/mol. The van der Waals surface area contributed by atoms with Gasteiger partial charge in [-0.1, -0.05) is 30.1 Å². The second-order valence-electron chi connectivity index (χ2n) is 5.41. The second kappa shape index (κ2) is 6.99. The normalized spacial score (nSPS) is 18.4. The number of hydrogen-bond acceptors (Lipinski definition) is 3. The van der Waals surface area contributed by atoms with Crippen LogP contribution in [0, 0.1) is 0 Å². The zero-order valence-electron chi connectivity index (χ0n) is 11.7. The maximum atomic E-state index is 9.97. The Morgan fingerprint density at radius 2 is 2.10 bits per heavy atom. The molecule has 0 heterocycles. The highest BCUT2D eigenvalue weighted by atomic mass is 35.5. The van der Waals surface area contributed by atoms with Crippen molar-refractivity contribution < 1.29 is 9.84 Å². The fourth-order valence-corrected chi connectivity index (χ4v) is 2.70. The van der Waals surface area contributed by atoms with Crippen molar-refractivity contribution in [3.05, 3.63) is 28.2 Å². The molecule has 1 aromatic rings. The van der Waals surface area contributed by atoms with Gasteiger partial charge in [0.15, 0.2) is 0 Å². The van der Waals surface area contributed by atoms with Crippen molar-refractivity contribution in [3.63, 3.8) is 0 Å². The molecular formula is C15H21Cl2NO2. The van der Waals surface area contributed by atoms with Crippen LogP contribution in [0.3, 0.4) is 0 Å². The van der Waals surface area contributed by atoms with Crippen molar-refractivity contribution >= 4 is 23.2 Å². The van der Waals surface area contributed by atoms with E-state index in [9.17, 15) is 5.11 Å². The van der Waals surface area contributed by atoms with E-state index in [1.165, 1.54) is 19.3 Å². The molecule has 1 atom stereocenters. The number of rotatable bonds is 7. The fourth-order valence-electron chi connectivity index (χ4n) is 2.41. The summed E-state index contributed by atoms with van der Waals surface area (Å²) in [5, 5.41) is 14.4. The van der Waals surface area contributed by atoms with Crippen molar-refractivity contribution in [2.75, 3.05) is 13.2 Å². The summed E-state index contributed by atoms with van der Waals surface area (Å²) in [6, 6.07) is 5.08. The van der Waals surface area contributed by atoms with Gasteiger partial charge in [-0.15, -0.1) is 0 Å². The lowest BCUT2D eigenvalue weighted by Gasteiger charge is -2.42. The molecule has 0 radical (unpaired) electrons. The van der Waals surface area contributed by atoms with Gasteiger partial charge in [-0.05, 0) is 37.8 Å². The number of β-amino-alcohol motifs (C(OH)–C–C–N with tert-alkyl or cyclic N) is 1. The highest BCUT2D eigenvalue weighted by molar-refractivity contribution is 6.42. The predicted octanol–water partition coefficient (Wildman–Crippen LogP) is 3.66. The van der Waals surface area contributed by atoms with Gasteiger partial charge in [-0.3, -0.25) is 0 Å². The van der Waals surface area contributed by atoms with Crippen molar-refractivity contribution in [1.29, 1.82) is 0 Å². The second-order valence-corrected chi connectivity index (χ2v) is 6.22. The van der Waals surface area contributed by atoms with E-state index in [0.717, 1.165) is 6.42 Å². The first-order chi connectivity index (χ1) is 9.54. The molecule has 0 aliphatic heterocycles. The van der Waals surface area contributed by atoms with Crippen LogP contribution in [0.15, 0.2) is 18.2 Å². The quantitative estimate of drug-likeness (QED) is 0.806. The summed E-state index contributed by atoms with van der Waals surface area (Å²) in [5.41, 5.74) is 0.241. The first-order valence-corrected chi connectivity index (χ1v) is 7.81. The molecule has 1 fully saturated rings. The van der Waals surface area contributed by atoms with Crippen LogP contribution in [0.4, 0.5) is 0 Å². The molecule has 1 aliphatic carbocycles. The third-order valence-electron chi connectivity index (χ3n) is 4.03. The smallest absolute Gasteiger partial charge is 0.121 e. The molecule has 0 spiro atoms. The molecule has 1 unspecified atom stereocenters. The molecule has 5 heteroatoms. The minimum atomic E-state index is -0.534. The molecule has 20 heavy (non-hydrogen) atoms. The molecule has 2 rings (SSSR count). The number of hydrogen-bond donors (Lipinski definition) is 2. The van der Waals surface area contributed by atoms with Crippen LogP contribution >= 0.6 is 23.2 Å². The van der Waals surface area contributed by atoms with Gasteiger partial charge in [-0.25, -0.2) is 0 Å². The Balaban J connectivity index is 1.74. The number of ether oxygens (including phenoxy) is 1. The van der Waals surface area contributed by atoms with E-state index in [2.05, 4.69) is 12.2 Å². The lowest BCUT2D eigenvalue weighted by atomic mass is 9.75. The van der Waals surface area contributed by atoms with E-state index in [1.54, 1.807) is 18.2 Å². The van der Waals surface area contributed by atoms with Crippen LogP contribution < -0.4 is 10.1 Å². The fraction of sp³-hybridized carbons (Fsp3) is 0.600. The van der Waals surface area contributed by atoms with Gasteiger partial charge in [0, 0.05) is 18.2 Å². The Kier molecular flexibility index (Phi) is 5.56. The van der Waals surface area contributed by atoms with E-state index in [1.807, 2.05) is 0 Å². The molecule has 3 nitrogen and oxygen atoms in total.